The molecule has 1 aromatic carbocycles. The highest BCUT2D eigenvalue weighted by molar-refractivity contribution is 6.09. The van der Waals surface area contributed by atoms with Crippen LogP contribution in [0.1, 0.15) is 31.4 Å². The molecule has 0 radical (unpaired) electrons. The van der Waals surface area contributed by atoms with Crippen LogP contribution < -0.4 is 10.1 Å². The molecule has 0 spiro atoms. The fraction of sp³-hybridized carbons (Fsp3) is 0.545. The number of hydrogen-bond acceptors (Lipinski definition) is 6. The van der Waals surface area contributed by atoms with Crippen molar-refractivity contribution in [2.75, 3.05) is 46.4 Å². The molecular weight excluding hydrogens is 416 g/mol. The van der Waals surface area contributed by atoms with Crippen LogP contribution in [-0.2, 0) is 19.9 Å². The van der Waals surface area contributed by atoms with Crippen LogP contribution >= 0.6 is 0 Å². The van der Waals surface area contributed by atoms with Gasteiger partial charge in [0, 0.05) is 26.2 Å². The van der Waals surface area contributed by atoms with Crippen molar-refractivity contribution >= 4 is 23.9 Å². The number of carbonyl (C=O) groups is 4. The zero-order valence-corrected chi connectivity index (χ0v) is 19.0. The smallest absolute Gasteiger partial charge is 0.409 e. The number of urea groups is 1. The lowest BCUT2D eigenvalue weighted by molar-refractivity contribution is -0.140. The molecule has 1 unspecified atom stereocenters. The van der Waals surface area contributed by atoms with Gasteiger partial charge in [-0.05, 0) is 43.5 Å². The first-order valence-corrected chi connectivity index (χ1v) is 10.8. The number of aryl methyl sites for hydroxylation is 1. The predicted octanol–water partition coefficient (Wildman–Crippen LogP) is 1.46. The lowest BCUT2D eigenvalue weighted by atomic mass is 9.86. The molecular formula is C22H30N4O6. The van der Waals surface area contributed by atoms with Crippen molar-refractivity contribution in [2.24, 2.45) is 0 Å². The first-order valence-electron chi connectivity index (χ1n) is 10.8. The second kappa shape index (κ2) is 9.46. The maximum atomic E-state index is 13.3. The van der Waals surface area contributed by atoms with Gasteiger partial charge in [0.1, 0.15) is 17.8 Å². The zero-order valence-electron chi connectivity index (χ0n) is 19.0. The van der Waals surface area contributed by atoms with Gasteiger partial charge in [-0.1, -0.05) is 13.0 Å². The van der Waals surface area contributed by atoms with Crippen LogP contribution in [0.15, 0.2) is 18.2 Å². The van der Waals surface area contributed by atoms with Crippen molar-refractivity contribution < 1.29 is 28.7 Å². The number of amides is 5. The molecule has 0 aliphatic carbocycles. The van der Waals surface area contributed by atoms with Crippen LogP contribution in [0.25, 0.3) is 0 Å². The summed E-state index contributed by atoms with van der Waals surface area (Å²) >= 11 is 0. The van der Waals surface area contributed by atoms with Crippen molar-refractivity contribution in [1.82, 2.24) is 20.0 Å². The van der Waals surface area contributed by atoms with E-state index >= 15 is 0 Å². The number of nitrogens with one attached hydrogen (secondary N) is 1. The van der Waals surface area contributed by atoms with Gasteiger partial charge < -0.3 is 24.6 Å². The van der Waals surface area contributed by atoms with Gasteiger partial charge in [-0.25, -0.2) is 9.59 Å². The summed E-state index contributed by atoms with van der Waals surface area (Å²) in [5.74, 6) is -0.103. The third-order valence-corrected chi connectivity index (χ3v) is 6.05. The van der Waals surface area contributed by atoms with Gasteiger partial charge in [-0.2, -0.15) is 0 Å². The Morgan fingerprint density at radius 1 is 1.09 bits per heavy atom. The highest BCUT2D eigenvalue weighted by Gasteiger charge is 2.52. The van der Waals surface area contributed by atoms with E-state index in [4.69, 9.17) is 9.47 Å². The highest BCUT2D eigenvalue weighted by atomic mass is 16.6. The Morgan fingerprint density at radius 2 is 1.75 bits per heavy atom. The Balaban J connectivity index is 1.70. The summed E-state index contributed by atoms with van der Waals surface area (Å²) < 4.78 is 10.3. The van der Waals surface area contributed by atoms with E-state index in [-0.39, 0.29) is 19.1 Å². The minimum atomic E-state index is -1.23. The molecule has 2 aliphatic rings. The van der Waals surface area contributed by atoms with Crippen molar-refractivity contribution in [1.29, 1.82) is 0 Å². The quantitative estimate of drug-likeness (QED) is 0.663. The van der Waals surface area contributed by atoms with Gasteiger partial charge in [0.15, 0.2) is 0 Å². The molecule has 32 heavy (non-hydrogen) atoms. The second-order valence-corrected chi connectivity index (χ2v) is 7.83. The van der Waals surface area contributed by atoms with Crippen LogP contribution in [-0.4, -0.2) is 85.1 Å². The summed E-state index contributed by atoms with van der Waals surface area (Å²) in [4.78, 5) is 54.8. The number of ether oxygens (including phenoxy) is 2. The van der Waals surface area contributed by atoms with Crippen molar-refractivity contribution in [3.63, 3.8) is 0 Å². The van der Waals surface area contributed by atoms with Crippen molar-refractivity contribution in [2.45, 2.75) is 32.7 Å². The number of rotatable bonds is 6. The van der Waals surface area contributed by atoms with E-state index in [1.807, 2.05) is 19.9 Å². The van der Waals surface area contributed by atoms with Crippen molar-refractivity contribution in [3.8, 4) is 5.75 Å². The average Bonchev–Trinajstić information content (AvgIpc) is 3.04. The Labute approximate surface area is 187 Å². The van der Waals surface area contributed by atoms with E-state index in [1.54, 1.807) is 31.1 Å². The molecule has 1 aromatic rings. The summed E-state index contributed by atoms with van der Waals surface area (Å²) in [5.41, 5.74) is 0.264. The molecule has 0 aromatic heterocycles. The standard InChI is InChI=1S/C22H30N4O6/c1-5-22(16-7-8-17(31-4)15(3)13-16)19(28)26(20(29)23-22)14-18(27)24-9-11-25(12-10-24)21(30)32-6-2/h7-8,13H,5-6,9-12,14H2,1-4H3,(H,23,29). The summed E-state index contributed by atoms with van der Waals surface area (Å²) in [6.07, 6.45) is -0.0668. The van der Waals surface area contributed by atoms with Gasteiger partial charge in [-0.15, -0.1) is 0 Å². The molecule has 10 nitrogen and oxygen atoms in total. The minimum Gasteiger partial charge on any atom is -0.496 e. The lowest BCUT2D eigenvalue weighted by Crippen LogP contribution is -2.53. The third-order valence-electron chi connectivity index (χ3n) is 6.05. The molecule has 5 amide bonds. The number of piperazine rings is 1. The largest absolute Gasteiger partial charge is 0.496 e. The molecule has 174 valence electrons. The van der Waals surface area contributed by atoms with Crippen LogP contribution in [0, 0.1) is 6.92 Å². The number of imide groups is 1. The molecule has 0 bridgehead atoms. The molecule has 1 N–H and O–H groups in total. The molecule has 2 saturated heterocycles. The zero-order chi connectivity index (χ0) is 23.5. The Bertz CT molecular complexity index is 912. The predicted molar refractivity (Wildman–Crippen MR) is 115 cm³/mol. The van der Waals surface area contributed by atoms with Gasteiger partial charge in [0.05, 0.1) is 13.7 Å². The molecule has 3 rings (SSSR count). The SMILES string of the molecule is CCOC(=O)N1CCN(C(=O)CN2C(=O)NC(CC)(c3ccc(OC)c(C)c3)C2=O)CC1. The topological polar surface area (TPSA) is 108 Å². The molecule has 10 heteroatoms. The lowest BCUT2D eigenvalue weighted by Gasteiger charge is -2.34. The highest BCUT2D eigenvalue weighted by Crippen LogP contribution is 2.34. The maximum Gasteiger partial charge on any atom is 0.409 e. The maximum absolute atomic E-state index is 13.3. The van der Waals surface area contributed by atoms with Gasteiger partial charge in [0.25, 0.3) is 5.91 Å². The van der Waals surface area contributed by atoms with Crippen LogP contribution in [0.2, 0.25) is 0 Å². The average molecular weight is 447 g/mol. The monoisotopic (exact) mass is 446 g/mol. The van der Waals surface area contributed by atoms with E-state index in [9.17, 15) is 19.2 Å². The second-order valence-electron chi connectivity index (χ2n) is 7.83. The van der Waals surface area contributed by atoms with Crippen molar-refractivity contribution in [3.05, 3.63) is 29.3 Å². The van der Waals surface area contributed by atoms with Crippen LogP contribution in [0.3, 0.4) is 0 Å². The number of nitrogens with zero attached hydrogens (tertiary/aromatic N) is 3. The first kappa shape index (κ1) is 23.4. The van der Waals surface area contributed by atoms with Gasteiger partial charge >= 0.3 is 12.1 Å². The van der Waals surface area contributed by atoms with E-state index in [1.165, 1.54) is 4.90 Å². The minimum absolute atomic E-state index is 0.289. The fourth-order valence-electron chi connectivity index (χ4n) is 4.14. The molecule has 2 fully saturated rings. The third kappa shape index (κ3) is 4.21. The normalized spacial score (nSPS) is 20.9. The van der Waals surface area contributed by atoms with Gasteiger partial charge in [-0.3, -0.25) is 14.5 Å². The summed E-state index contributed by atoms with van der Waals surface area (Å²) in [6, 6.07) is 4.75. The molecule has 2 heterocycles. The summed E-state index contributed by atoms with van der Waals surface area (Å²) in [6.45, 7) is 6.68. The van der Waals surface area contributed by atoms with E-state index in [2.05, 4.69) is 5.32 Å². The number of carbonyl (C=O) groups excluding carboxylic acids is 4. The number of benzene rings is 1. The number of hydrogen-bond donors (Lipinski definition) is 1. The molecule has 2 aliphatic heterocycles. The number of methoxy groups -OCH3 is 1. The van der Waals surface area contributed by atoms with Crippen LogP contribution in [0.4, 0.5) is 9.59 Å². The summed E-state index contributed by atoms with van der Waals surface area (Å²) in [7, 11) is 1.57. The van der Waals surface area contributed by atoms with Gasteiger partial charge in [0.2, 0.25) is 5.91 Å². The van der Waals surface area contributed by atoms with Crippen LogP contribution in [0.5, 0.6) is 5.75 Å². The Hall–Kier alpha value is -3.30. The van der Waals surface area contributed by atoms with E-state index in [0.717, 1.165) is 10.5 Å². The van der Waals surface area contributed by atoms with E-state index in [0.29, 0.717) is 43.9 Å². The summed E-state index contributed by atoms with van der Waals surface area (Å²) in [5, 5.41) is 2.80. The first-order chi connectivity index (χ1) is 15.3. The fourth-order valence-corrected chi connectivity index (χ4v) is 4.14. The van der Waals surface area contributed by atoms with E-state index < -0.39 is 23.6 Å². The Morgan fingerprint density at radius 3 is 2.31 bits per heavy atom. The molecule has 1 atom stereocenters. The molecule has 0 saturated carbocycles. The Kier molecular flexibility index (Phi) is 6.90.